The fourth-order valence-electron chi connectivity index (χ4n) is 2.31. The van der Waals surface area contributed by atoms with Crippen LogP contribution in [0, 0.1) is 10.1 Å². The molecule has 0 spiro atoms. The van der Waals surface area contributed by atoms with Gasteiger partial charge < -0.3 is 10.5 Å². The molecule has 0 heterocycles. The number of methoxy groups -OCH3 is 1. The number of nitro benzene ring substituents is 1. The van der Waals surface area contributed by atoms with Gasteiger partial charge in [0.15, 0.2) is 0 Å². The highest BCUT2D eigenvalue weighted by atomic mass is 35.5. The highest BCUT2D eigenvalue weighted by Gasteiger charge is 2.14. The number of nitrogens with zero attached hydrogens (tertiary/aromatic N) is 1. The molecule has 0 aromatic heterocycles. The summed E-state index contributed by atoms with van der Waals surface area (Å²) in [4.78, 5) is 10.3. The van der Waals surface area contributed by atoms with Crippen molar-refractivity contribution in [2.75, 3.05) is 13.7 Å². The Morgan fingerprint density at radius 1 is 1.27 bits per heavy atom. The molecule has 2 aromatic carbocycles. The van der Waals surface area contributed by atoms with Crippen molar-refractivity contribution < 1.29 is 9.66 Å². The first-order chi connectivity index (χ1) is 10.5. The predicted octanol–water partition coefficient (Wildman–Crippen LogP) is 3.54. The number of halogens is 1. The summed E-state index contributed by atoms with van der Waals surface area (Å²) in [7, 11) is 1.57. The highest BCUT2D eigenvalue weighted by molar-refractivity contribution is 6.32. The summed E-state index contributed by atoms with van der Waals surface area (Å²) in [6, 6.07) is 12.1. The number of hydrogen-bond donors (Lipinski definition) is 1. The second-order valence-electron chi connectivity index (χ2n) is 4.95. The first-order valence-corrected chi connectivity index (χ1v) is 7.19. The summed E-state index contributed by atoms with van der Waals surface area (Å²) in [6.07, 6.45) is 0.692. The van der Waals surface area contributed by atoms with Crippen LogP contribution in [0.15, 0.2) is 42.5 Å². The third-order valence-corrected chi connectivity index (χ3v) is 3.86. The Kier molecular flexibility index (Phi) is 5.35. The van der Waals surface area contributed by atoms with Crippen LogP contribution in [0.3, 0.4) is 0 Å². The quantitative estimate of drug-likeness (QED) is 0.652. The smallest absolute Gasteiger partial charge is 0.269 e. The van der Waals surface area contributed by atoms with Gasteiger partial charge in [-0.15, -0.1) is 0 Å². The SMILES string of the molecule is COc1ccc(C(CN)Cc2ccc([N+](=O)[O-])cc2)cc1Cl. The first kappa shape index (κ1) is 16.3. The minimum atomic E-state index is -0.409. The average molecular weight is 321 g/mol. The number of ether oxygens (including phenoxy) is 1. The second-order valence-corrected chi connectivity index (χ2v) is 5.36. The lowest BCUT2D eigenvalue weighted by atomic mass is 9.92. The summed E-state index contributed by atoms with van der Waals surface area (Å²) in [5.41, 5.74) is 7.97. The van der Waals surface area contributed by atoms with E-state index in [9.17, 15) is 10.1 Å². The molecule has 0 fully saturated rings. The molecule has 0 bridgehead atoms. The monoisotopic (exact) mass is 320 g/mol. The zero-order valence-corrected chi connectivity index (χ0v) is 12.9. The number of hydrogen-bond acceptors (Lipinski definition) is 4. The van der Waals surface area contributed by atoms with Gasteiger partial charge in [0.1, 0.15) is 5.75 Å². The molecule has 2 aromatic rings. The molecule has 22 heavy (non-hydrogen) atoms. The molecule has 0 amide bonds. The summed E-state index contributed by atoms with van der Waals surface area (Å²) in [5, 5.41) is 11.2. The molecule has 0 radical (unpaired) electrons. The lowest BCUT2D eigenvalue weighted by Crippen LogP contribution is -2.15. The predicted molar refractivity (Wildman–Crippen MR) is 86.6 cm³/mol. The number of rotatable bonds is 6. The van der Waals surface area contributed by atoms with E-state index in [0.29, 0.717) is 23.7 Å². The standard InChI is InChI=1S/C16H17ClN2O3/c1-22-16-7-4-12(9-15(16)17)13(10-18)8-11-2-5-14(6-3-11)19(20)21/h2-7,9,13H,8,10,18H2,1H3. The maximum atomic E-state index is 10.7. The Balaban J connectivity index is 2.18. The molecule has 1 atom stereocenters. The van der Waals surface area contributed by atoms with E-state index in [0.717, 1.165) is 11.1 Å². The first-order valence-electron chi connectivity index (χ1n) is 6.82. The van der Waals surface area contributed by atoms with Gasteiger partial charge in [-0.1, -0.05) is 29.8 Å². The van der Waals surface area contributed by atoms with E-state index in [1.165, 1.54) is 12.1 Å². The largest absolute Gasteiger partial charge is 0.495 e. The molecule has 0 saturated heterocycles. The molecule has 116 valence electrons. The number of benzene rings is 2. The lowest BCUT2D eigenvalue weighted by Gasteiger charge is -2.16. The number of nitrogens with two attached hydrogens (primary N) is 1. The maximum absolute atomic E-state index is 10.7. The number of non-ortho nitro benzene ring substituents is 1. The van der Waals surface area contributed by atoms with Crippen LogP contribution in [0.2, 0.25) is 5.02 Å². The van der Waals surface area contributed by atoms with Gasteiger partial charge in [-0.25, -0.2) is 0 Å². The Morgan fingerprint density at radius 3 is 2.45 bits per heavy atom. The molecular weight excluding hydrogens is 304 g/mol. The molecule has 2 N–H and O–H groups in total. The van der Waals surface area contributed by atoms with E-state index in [2.05, 4.69) is 0 Å². The van der Waals surface area contributed by atoms with Crippen molar-refractivity contribution in [3.63, 3.8) is 0 Å². The molecule has 0 aliphatic carbocycles. The van der Waals surface area contributed by atoms with Crippen LogP contribution in [0.5, 0.6) is 5.75 Å². The second kappa shape index (κ2) is 7.24. The van der Waals surface area contributed by atoms with Crippen molar-refractivity contribution in [1.29, 1.82) is 0 Å². The Hall–Kier alpha value is -2.11. The third-order valence-electron chi connectivity index (χ3n) is 3.56. The highest BCUT2D eigenvalue weighted by Crippen LogP contribution is 2.29. The van der Waals surface area contributed by atoms with Gasteiger partial charge >= 0.3 is 0 Å². The fourth-order valence-corrected chi connectivity index (χ4v) is 2.58. The third kappa shape index (κ3) is 3.75. The van der Waals surface area contributed by atoms with Crippen molar-refractivity contribution in [2.45, 2.75) is 12.3 Å². The summed E-state index contributed by atoms with van der Waals surface area (Å²) in [5.74, 6) is 0.710. The van der Waals surface area contributed by atoms with E-state index < -0.39 is 4.92 Å². The molecule has 0 aliphatic heterocycles. The number of nitro groups is 1. The van der Waals surface area contributed by atoms with Crippen LogP contribution in [-0.4, -0.2) is 18.6 Å². The van der Waals surface area contributed by atoms with Gasteiger partial charge in [-0.2, -0.15) is 0 Å². The molecule has 6 heteroatoms. The van der Waals surface area contributed by atoms with Crippen molar-refractivity contribution in [1.82, 2.24) is 0 Å². The van der Waals surface area contributed by atoms with Gasteiger partial charge in [-0.3, -0.25) is 10.1 Å². The van der Waals surface area contributed by atoms with Crippen molar-refractivity contribution in [3.8, 4) is 5.75 Å². The molecular formula is C16H17ClN2O3. The van der Waals surface area contributed by atoms with Gasteiger partial charge in [0.2, 0.25) is 0 Å². The van der Waals surface area contributed by atoms with Crippen LogP contribution in [0.25, 0.3) is 0 Å². The molecule has 2 rings (SSSR count). The Bertz CT molecular complexity index is 659. The van der Waals surface area contributed by atoms with Gasteiger partial charge in [0.25, 0.3) is 5.69 Å². The van der Waals surface area contributed by atoms with Crippen molar-refractivity contribution in [2.24, 2.45) is 5.73 Å². The van der Waals surface area contributed by atoms with Crippen LogP contribution in [-0.2, 0) is 6.42 Å². The van der Waals surface area contributed by atoms with Gasteiger partial charge in [0.05, 0.1) is 17.1 Å². The Labute approximate surface area is 133 Å². The maximum Gasteiger partial charge on any atom is 0.269 e. The minimum absolute atomic E-state index is 0.0838. The van der Waals surface area contributed by atoms with E-state index in [1.807, 2.05) is 18.2 Å². The molecule has 5 nitrogen and oxygen atoms in total. The van der Waals surface area contributed by atoms with Crippen LogP contribution in [0.4, 0.5) is 5.69 Å². The zero-order chi connectivity index (χ0) is 16.1. The van der Waals surface area contributed by atoms with E-state index >= 15 is 0 Å². The van der Waals surface area contributed by atoms with Crippen LogP contribution < -0.4 is 10.5 Å². The average Bonchev–Trinajstić information content (AvgIpc) is 2.53. The van der Waals surface area contributed by atoms with Gasteiger partial charge in [-0.05, 0) is 36.2 Å². The summed E-state index contributed by atoms with van der Waals surface area (Å²) >= 11 is 6.15. The summed E-state index contributed by atoms with van der Waals surface area (Å²) in [6.45, 7) is 0.458. The lowest BCUT2D eigenvalue weighted by molar-refractivity contribution is -0.384. The van der Waals surface area contributed by atoms with Crippen molar-refractivity contribution >= 4 is 17.3 Å². The normalized spacial score (nSPS) is 12.0. The van der Waals surface area contributed by atoms with Crippen LogP contribution >= 0.6 is 11.6 Å². The van der Waals surface area contributed by atoms with E-state index in [-0.39, 0.29) is 11.6 Å². The van der Waals surface area contributed by atoms with Crippen LogP contribution in [0.1, 0.15) is 17.0 Å². The minimum Gasteiger partial charge on any atom is -0.495 e. The zero-order valence-electron chi connectivity index (χ0n) is 12.2. The molecule has 0 aliphatic rings. The van der Waals surface area contributed by atoms with Gasteiger partial charge in [0, 0.05) is 18.1 Å². The topological polar surface area (TPSA) is 78.4 Å². The van der Waals surface area contributed by atoms with Crippen molar-refractivity contribution in [3.05, 3.63) is 68.7 Å². The van der Waals surface area contributed by atoms with E-state index in [4.69, 9.17) is 22.1 Å². The van der Waals surface area contributed by atoms with E-state index in [1.54, 1.807) is 19.2 Å². The Morgan fingerprint density at radius 2 is 1.95 bits per heavy atom. The fraction of sp³-hybridized carbons (Fsp3) is 0.250. The molecule has 1 unspecified atom stereocenters. The molecule has 0 saturated carbocycles. The summed E-state index contributed by atoms with van der Waals surface area (Å²) < 4.78 is 5.14.